The van der Waals surface area contributed by atoms with Gasteiger partial charge >= 0.3 is 12.0 Å². The molecular weight excluding hydrogens is 510 g/mol. The molecule has 0 radical (unpaired) electrons. The lowest BCUT2D eigenvalue weighted by molar-refractivity contribution is -0.143. The highest BCUT2D eigenvalue weighted by Gasteiger charge is 2.35. The number of carbonyl (C=O) groups is 4. The van der Waals surface area contributed by atoms with Crippen molar-refractivity contribution in [2.75, 3.05) is 32.7 Å². The molecule has 0 atom stereocenters. The molecule has 0 spiro atoms. The number of methoxy groups -OCH3 is 2. The van der Waals surface area contributed by atoms with Crippen molar-refractivity contribution in [2.24, 2.45) is 0 Å². The Morgan fingerprint density at radius 2 is 1.91 bits per heavy atom. The number of urea groups is 1. The predicted molar refractivity (Wildman–Crippen MR) is 126 cm³/mol. The number of nitrogens with zero attached hydrogens (tertiary/aromatic N) is 1. The van der Waals surface area contributed by atoms with Crippen LogP contribution >= 0.6 is 15.9 Å². The zero-order chi connectivity index (χ0) is 24.8. The second kappa shape index (κ2) is 10.8. The summed E-state index contributed by atoms with van der Waals surface area (Å²) in [6.45, 7) is 1.13. The summed E-state index contributed by atoms with van der Waals surface area (Å²) in [5, 5.41) is 5.14. The number of nitrogens with one attached hydrogen (secondary N) is 2. The summed E-state index contributed by atoms with van der Waals surface area (Å²) in [6.07, 6.45) is 1.44. The second-order valence-electron chi connectivity index (χ2n) is 7.19. The van der Waals surface area contributed by atoms with Gasteiger partial charge in [-0.05, 0) is 48.4 Å². The van der Waals surface area contributed by atoms with Crippen molar-refractivity contribution in [1.29, 1.82) is 0 Å². The summed E-state index contributed by atoms with van der Waals surface area (Å²) in [5.41, 5.74) is 2.01. The SMILES string of the molecule is COC(=O)COc1cc(Br)c(/C=C2/NC(=O)N(CC(=O)Nc3cccc(C)c3)C2=O)cc1OC. The van der Waals surface area contributed by atoms with Crippen molar-refractivity contribution in [3.8, 4) is 11.5 Å². The number of anilines is 1. The molecule has 0 aromatic heterocycles. The third-order valence-corrected chi connectivity index (χ3v) is 5.41. The summed E-state index contributed by atoms with van der Waals surface area (Å²) in [5.74, 6) is -1.15. The number of halogens is 1. The normalized spacial score (nSPS) is 14.1. The first kappa shape index (κ1) is 24.8. The fraction of sp³-hybridized carbons (Fsp3) is 0.217. The molecule has 3 rings (SSSR count). The zero-order valence-electron chi connectivity index (χ0n) is 18.6. The third-order valence-electron chi connectivity index (χ3n) is 4.72. The first-order valence-electron chi connectivity index (χ1n) is 10.00. The lowest BCUT2D eigenvalue weighted by atomic mass is 10.1. The minimum Gasteiger partial charge on any atom is -0.493 e. The molecule has 1 fully saturated rings. The van der Waals surface area contributed by atoms with Gasteiger partial charge in [0.05, 0.1) is 14.2 Å². The second-order valence-corrected chi connectivity index (χ2v) is 8.04. The van der Waals surface area contributed by atoms with E-state index in [4.69, 9.17) is 9.47 Å². The highest BCUT2D eigenvalue weighted by molar-refractivity contribution is 9.10. The van der Waals surface area contributed by atoms with E-state index in [1.807, 2.05) is 13.0 Å². The molecule has 34 heavy (non-hydrogen) atoms. The molecule has 4 amide bonds. The molecule has 1 saturated heterocycles. The molecule has 178 valence electrons. The topological polar surface area (TPSA) is 123 Å². The van der Waals surface area contributed by atoms with Crippen LogP contribution in [0.2, 0.25) is 0 Å². The smallest absolute Gasteiger partial charge is 0.343 e. The van der Waals surface area contributed by atoms with E-state index in [9.17, 15) is 19.2 Å². The number of aryl methyl sites for hydroxylation is 1. The van der Waals surface area contributed by atoms with Crippen LogP contribution in [0.15, 0.2) is 46.6 Å². The van der Waals surface area contributed by atoms with Gasteiger partial charge in [0.15, 0.2) is 18.1 Å². The number of amides is 4. The Kier molecular flexibility index (Phi) is 7.90. The summed E-state index contributed by atoms with van der Waals surface area (Å²) in [6, 6.07) is 9.58. The monoisotopic (exact) mass is 531 g/mol. The van der Waals surface area contributed by atoms with Gasteiger partial charge in [-0.2, -0.15) is 0 Å². The maximum atomic E-state index is 12.8. The molecule has 1 aliphatic heterocycles. The number of benzene rings is 2. The Hall–Kier alpha value is -3.86. The molecule has 0 unspecified atom stereocenters. The zero-order valence-corrected chi connectivity index (χ0v) is 20.2. The third kappa shape index (κ3) is 5.93. The van der Waals surface area contributed by atoms with E-state index in [1.165, 1.54) is 20.3 Å². The number of hydrogen-bond donors (Lipinski definition) is 2. The number of hydrogen-bond acceptors (Lipinski definition) is 7. The molecule has 0 bridgehead atoms. The molecular formula is C23H22BrN3O7. The van der Waals surface area contributed by atoms with Crippen LogP contribution in [-0.4, -0.2) is 56.1 Å². The van der Waals surface area contributed by atoms with Crippen molar-refractivity contribution >= 4 is 51.5 Å². The van der Waals surface area contributed by atoms with Gasteiger partial charge in [0.25, 0.3) is 5.91 Å². The Morgan fingerprint density at radius 3 is 2.59 bits per heavy atom. The Bertz CT molecular complexity index is 1180. The van der Waals surface area contributed by atoms with E-state index >= 15 is 0 Å². The highest BCUT2D eigenvalue weighted by atomic mass is 79.9. The van der Waals surface area contributed by atoms with Crippen molar-refractivity contribution in [3.63, 3.8) is 0 Å². The molecule has 10 nitrogen and oxygen atoms in total. The summed E-state index contributed by atoms with van der Waals surface area (Å²) in [4.78, 5) is 49.6. The van der Waals surface area contributed by atoms with Crippen molar-refractivity contribution < 1.29 is 33.4 Å². The van der Waals surface area contributed by atoms with Gasteiger partial charge in [0, 0.05) is 10.2 Å². The Morgan fingerprint density at radius 1 is 1.15 bits per heavy atom. The van der Waals surface area contributed by atoms with E-state index in [2.05, 4.69) is 31.3 Å². The number of carbonyl (C=O) groups excluding carboxylic acids is 4. The minimum atomic E-state index is -0.711. The fourth-order valence-corrected chi connectivity index (χ4v) is 3.50. The van der Waals surface area contributed by atoms with E-state index in [0.29, 0.717) is 21.5 Å². The molecule has 2 aromatic carbocycles. The molecule has 2 aromatic rings. The molecule has 0 aliphatic carbocycles. The van der Waals surface area contributed by atoms with Gasteiger partial charge in [-0.1, -0.05) is 28.1 Å². The first-order chi connectivity index (χ1) is 16.2. The van der Waals surface area contributed by atoms with Crippen LogP contribution in [0.3, 0.4) is 0 Å². The average Bonchev–Trinajstić information content (AvgIpc) is 3.06. The lowest BCUT2D eigenvalue weighted by Gasteiger charge is -2.13. The number of ether oxygens (including phenoxy) is 3. The average molecular weight is 532 g/mol. The van der Waals surface area contributed by atoms with Crippen molar-refractivity contribution in [2.45, 2.75) is 6.92 Å². The van der Waals surface area contributed by atoms with Crippen molar-refractivity contribution in [1.82, 2.24) is 10.2 Å². The van der Waals surface area contributed by atoms with Gasteiger partial charge in [-0.3, -0.25) is 9.59 Å². The fourth-order valence-electron chi connectivity index (χ4n) is 3.07. The van der Waals surface area contributed by atoms with Crippen LogP contribution in [0.25, 0.3) is 6.08 Å². The number of rotatable bonds is 8. The van der Waals surface area contributed by atoms with E-state index < -0.39 is 30.4 Å². The largest absolute Gasteiger partial charge is 0.493 e. The van der Waals surface area contributed by atoms with Crippen LogP contribution in [0, 0.1) is 6.92 Å². The van der Waals surface area contributed by atoms with Gasteiger partial charge in [0.1, 0.15) is 12.2 Å². The number of esters is 1. The van der Waals surface area contributed by atoms with Gasteiger partial charge in [0.2, 0.25) is 5.91 Å². The van der Waals surface area contributed by atoms with Crippen LogP contribution in [0.4, 0.5) is 10.5 Å². The maximum absolute atomic E-state index is 12.8. The lowest BCUT2D eigenvalue weighted by Crippen LogP contribution is -2.38. The summed E-state index contributed by atoms with van der Waals surface area (Å²) >= 11 is 3.38. The van der Waals surface area contributed by atoms with Crippen LogP contribution in [0.5, 0.6) is 11.5 Å². The first-order valence-corrected chi connectivity index (χ1v) is 10.8. The van der Waals surface area contributed by atoms with E-state index in [0.717, 1.165) is 10.5 Å². The molecule has 1 heterocycles. The minimum absolute atomic E-state index is 0.0145. The predicted octanol–water partition coefficient (Wildman–Crippen LogP) is 2.85. The Balaban J connectivity index is 1.75. The number of imide groups is 1. The van der Waals surface area contributed by atoms with Crippen molar-refractivity contribution in [3.05, 3.63) is 57.7 Å². The van der Waals surface area contributed by atoms with Gasteiger partial charge in [-0.25, -0.2) is 14.5 Å². The summed E-state index contributed by atoms with van der Waals surface area (Å²) in [7, 11) is 2.67. The van der Waals surface area contributed by atoms with Crippen LogP contribution < -0.4 is 20.1 Å². The Labute approximate surface area is 204 Å². The molecule has 0 saturated carbocycles. The quantitative estimate of drug-likeness (QED) is 0.305. The molecule has 11 heteroatoms. The standard InChI is InChI=1S/C23H22BrN3O7/c1-13-5-4-6-15(7-13)25-20(28)11-27-22(30)17(26-23(27)31)8-14-9-18(32-2)19(10-16(14)24)34-12-21(29)33-3/h4-10H,11-12H2,1-3H3,(H,25,28)(H,26,31)/b17-8+. The van der Waals surface area contributed by atoms with Crippen LogP contribution in [-0.2, 0) is 19.1 Å². The van der Waals surface area contributed by atoms with Gasteiger partial charge < -0.3 is 24.8 Å². The molecule has 2 N–H and O–H groups in total. The maximum Gasteiger partial charge on any atom is 0.343 e. The highest BCUT2D eigenvalue weighted by Crippen LogP contribution is 2.35. The summed E-state index contributed by atoms with van der Waals surface area (Å²) < 4.78 is 15.8. The van der Waals surface area contributed by atoms with E-state index in [1.54, 1.807) is 30.3 Å². The van der Waals surface area contributed by atoms with Crippen LogP contribution in [0.1, 0.15) is 11.1 Å². The molecule has 1 aliphatic rings. The van der Waals surface area contributed by atoms with Gasteiger partial charge in [-0.15, -0.1) is 0 Å². The van der Waals surface area contributed by atoms with E-state index in [-0.39, 0.29) is 18.1 Å².